The van der Waals surface area contributed by atoms with Gasteiger partial charge in [-0.3, -0.25) is 0 Å². The molecule has 1 unspecified atom stereocenters. The predicted octanol–water partition coefficient (Wildman–Crippen LogP) is 2.50. The molecule has 1 aromatic heterocycles. The van der Waals surface area contributed by atoms with Crippen molar-refractivity contribution in [2.75, 3.05) is 31.7 Å². The molecule has 0 aromatic carbocycles. The highest BCUT2D eigenvalue weighted by atomic mass is 127. The predicted molar refractivity (Wildman–Crippen MR) is 85.2 cm³/mol. The Hall–Kier alpha value is -0.300. The number of fused-ring (bicyclic) bond motifs is 1. The molecule has 3 rings (SSSR count). The Morgan fingerprint density at radius 2 is 2.16 bits per heavy atom. The second kappa shape index (κ2) is 5.99. The third-order valence-corrected chi connectivity index (χ3v) is 5.18. The summed E-state index contributed by atoms with van der Waals surface area (Å²) in [5.41, 5.74) is 1.26. The molecule has 4 nitrogen and oxygen atoms in total. The van der Waals surface area contributed by atoms with Crippen LogP contribution in [0.5, 0.6) is 0 Å². The van der Waals surface area contributed by atoms with Gasteiger partial charge in [0, 0.05) is 43.3 Å². The van der Waals surface area contributed by atoms with Crippen molar-refractivity contribution < 1.29 is 4.74 Å². The van der Waals surface area contributed by atoms with E-state index in [-0.39, 0.29) is 0 Å². The molecule has 1 atom stereocenters. The lowest BCUT2D eigenvalue weighted by atomic mass is 9.95. The summed E-state index contributed by atoms with van der Waals surface area (Å²) < 4.78 is 8.36. The Labute approximate surface area is 128 Å². The molecule has 2 aliphatic rings. The van der Waals surface area contributed by atoms with Crippen LogP contribution < -0.4 is 4.90 Å². The van der Waals surface area contributed by atoms with Gasteiger partial charge in [-0.15, -0.1) is 0 Å². The normalized spacial score (nSPS) is 25.2. The van der Waals surface area contributed by atoms with Gasteiger partial charge >= 0.3 is 0 Å². The van der Waals surface area contributed by atoms with Gasteiger partial charge in [-0.25, -0.2) is 4.68 Å². The highest BCUT2D eigenvalue weighted by molar-refractivity contribution is 14.1. The van der Waals surface area contributed by atoms with Crippen molar-refractivity contribution in [1.29, 1.82) is 0 Å². The van der Waals surface area contributed by atoms with E-state index >= 15 is 0 Å². The third kappa shape index (κ3) is 3.24. The lowest BCUT2D eigenvalue weighted by Gasteiger charge is -2.21. The molecule has 1 fully saturated rings. The Kier molecular flexibility index (Phi) is 4.31. The average Bonchev–Trinajstić information content (AvgIpc) is 2.75. The maximum Gasteiger partial charge on any atom is 0.126 e. The van der Waals surface area contributed by atoms with Gasteiger partial charge in [0.05, 0.1) is 5.69 Å². The number of hydrogen-bond acceptors (Lipinski definition) is 3. The van der Waals surface area contributed by atoms with Crippen LogP contribution in [0.1, 0.15) is 25.0 Å². The summed E-state index contributed by atoms with van der Waals surface area (Å²) >= 11 is 2.55. The van der Waals surface area contributed by atoms with E-state index in [2.05, 4.69) is 45.3 Å². The topological polar surface area (TPSA) is 30.3 Å². The molecular formula is C14H22IN3O. The van der Waals surface area contributed by atoms with E-state index in [0.717, 1.165) is 42.6 Å². The molecule has 19 heavy (non-hydrogen) atoms. The number of hydrogen-bond donors (Lipinski definition) is 0. The molecule has 0 amide bonds. The first-order chi connectivity index (χ1) is 9.22. The van der Waals surface area contributed by atoms with E-state index in [1.54, 1.807) is 0 Å². The summed E-state index contributed by atoms with van der Waals surface area (Å²) in [4.78, 5) is 2.35. The number of rotatable bonds is 2. The van der Waals surface area contributed by atoms with E-state index < -0.39 is 0 Å². The average molecular weight is 375 g/mol. The lowest BCUT2D eigenvalue weighted by molar-refractivity contribution is 0.0662. The number of nitrogens with zero attached hydrogens (tertiary/aromatic N) is 3. The Morgan fingerprint density at radius 3 is 2.95 bits per heavy atom. The monoisotopic (exact) mass is 375 g/mol. The molecule has 3 heterocycles. The first-order valence-corrected chi connectivity index (χ1v) is 8.46. The van der Waals surface area contributed by atoms with Crippen LogP contribution >= 0.6 is 22.6 Å². The van der Waals surface area contributed by atoms with E-state index in [0.29, 0.717) is 0 Å². The van der Waals surface area contributed by atoms with E-state index in [9.17, 15) is 0 Å². The zero-order chi connectivity index (χ0) is 13.2. The van der Waals surface area contributed by atoms with Crippen molar-refractivity contribution in [2.45, 2.75) is 36.2 Å². The minimum atomic E-state index is 0.725. The van der Waals surface area contributed by atoms with Crippen LogP contribution in [-0.4, -0.2) is 40.5 Å². The first-order valence-electron chi connectivity index (χ1n) is 7.22. The van der Waals surface area contributed by atoms with Crippen molar-refractivity contribution in [3.8, 4) is 0 Å². The van der Waals surface area contributed by atoms with Crippen molar-refractivity contribution in [3.05, 3.63) is 11.8 Å². The summed E-state index contributed by atoms with van der Waals surface area (Å²) in [7, 11) is 2.18. The van der Waals surface area contributed by atoms with Crippen LogP contribution in [0.3, 0.4) is 0 Å². The van der Waals surface area contributed by atoms with E-state index in [4.69, 9.17) is 9.84 Å². The van der Waals surface area contributed by atoms with Crippen molar-refractivity contribution in [1.82, 2.24) is 9.78 Å². The summed E-state index contributed by atoms with van der Waals surface area (Å²) in [5.74, 6) is 2.05. The van der Waals surface area contributed by atoms with Crippen LogP contribution in [-0.2, 0) is 17.7 Å². The Bertz CT molecular complexity index is 428. The highest BCUT2D eigenvalue weighted by Gasteiger charge is 2.21. The minimum absolute atomic E-state index is 0.725. The second-order valence-corrected chi connectivity index (χ2v) is 7.50. The van der Waals surface area contributed by atoms with Gasteiger partial charge < -0.3 is 9.64 Å². The summed E-state index contributed by atoms with van der Waals surface area (Å²) in [6.07, 6.45) is 4.71. The quantitative estimate of drug-likeness (QED) is 0.588. The van der Waals surface area contributed by atoms with Crippen LogP contribution in [0, 0.1) is 5.92 Å². The van der Waals surface area contributed by atoms with Gasteiger partial charge in [0.1, 0.15) is 5.82 Å². The molecule has 1 aromatic rings. The zero-order valence-corrected chi connectivity index (χ0v) is 13.7. The maximum atomic E-state index is 5.43. The van der Waals surface area contributed by atoms with Gasteiger partial charge in [-0.05, 0) is 31.6 Å². The van der Waals surface area contributed by atoms with Crippen LogP contribution in [0.4, 0.5) is 5.82 Å². The first kappa shape index (κ1) is 13.7. The largest absolute Gasteiger partial charge is 0.381 e. The molecule has 106 valence electrons. The summed E-state index contributed by atoms with van der Waals surface area (Å²) in [6.45, 7) is 4.04. The minimum Gasteiger partial charge on any atom is -0.381 e. The number of alkyl halides is 1. The molecule has 1 saturated heterocycles. The van der Waals surface area contributed by atoms with Gasteiger partial charge in [0.15, 0.2) is 0 Å². The van der Waals surface area contributed by atoms with Crippen molar-refractivity contribution in [2.24, 2.45) is 5.92 Å². The molecule has 0 N–H and O–H groups in total. The number of aromatic nitrogens is 2. The fourth-order valence-corrected chi connectivity index (χ4v) is 3.89. The lowest BCUT2D eigenvalue weighted by Crippen LogP contribution is -2.24. The standard InChI is InChI=1S/C14H22IN3O/c1-17-10-12(15)2-5-18-14(17)9-13(16-18)8-11-3-6-19-7-4-11/h9,11-12H,2-8,10H2,1H3. The molecule has 0 spiro atoms. The zero-order valence-electron chi connectivity index (χ0n) is 11.5. The number of ether oxygens (including phenoxy) is 1. The number of aryl methyl sites for hydroxylation is 1. The highest BCUT2D eigenvalue weighted by Crippen LogP contribution is 2.26. The molecule has 0 bridgehead atoms. The van der Waals surface area contributed by atoms with Crippen LogP contribution in [0.2, 0.25) is 0 Å². The third-order valence-electron chi connectivity index (χ3n) is 4.17. The fourth-order valence-electron chi connectivity index (χ4n) is 3.02. The summed E-state index contributed by atoms with van der Waals surface area (Å²) in [6, 6.07) is 2.30. The van der Waals surface area contributed by atoms with E-state index in [1.165, 1.54) is 30.8 Å². The smallest absolute Gasteiger partial charge is 0.126 e. The van der Waals surface area contributed by atoms with Crippen LogP contribution in [0.15, 0.2) is 6.07 Å². The van der Waals surface area contributed by atoms with Gasteiger partial charge in [-0.2, -0.15) is 5.10 Å². The Balaban J connectivity index is 1.71. The number of anilines is 1. The fraction of sp³-hybridized carbons (Fsp3) is 0.786. The molecular weight excluding hydrogens is 353 g/mol. The SMILES string of the molecule is CN1CC(I)CCn2nc(CC3CCOCC3)cc21. The van der Waals surface area contributed by atoms with Crippen molar-refractivity contribution >= 4 is 28.4 Å². The van der Waals surface area contributed by atoms with Gasteiger partial charge in [0.2, 0.25) is 0 Å². The molecule has 0 radical (unpaired) electrons. The van der Waals surface area contributed by atoms with Crippen molar-refractivity contribution in [3.63, 3.8) is 0 Å². The van der Waals surface area contributed by atoms with Crippen LogP contribution in [0.25, 0.3) is 0 Å². The summed E-state index contributed by atoms with van der Waals surface area (Å²) in [5, 5.41) is 4.82. The maximum absolute atomic E-state index is 5.43. The molecule has 2 aliphatic heterocycles. The van der Waals surface area contributed by atoms with Gasteiger partial charge in [-0.1, -0.05) is 22.6 Å². The molecule has 0 aliphatic carbocycles. The second-order valence-electron chi connectivity index (χ2n) is 5.74. The molecule has 0 saturated carbocycles. The molecule has 5 heteroatoms. The van der Waals surface area contributed by atoms with E-state index in [1.807, 2.05) is 0 Å². The Morgan fingerprint density at radius 1 is 1.37 bits per heavy atom. The van der Waals surface area contributed by atoms with Gasteiger partial charge in [0.25, 0.3) is 0 Å². The number of halogens is 1.